The third-order valence-corrected chi connectivity index (χ3v) is 2.78. The van der Waals surface area contributed by atoms with E-state index < -0.39 is 0 Å². The van der Waals surface area contributed by atoms with Gasteiger partial charge in [-0.3, -0.25) is 0 Å². The lowest BCUT2D eigenvalue weighted by Crippen LogP contribution is -2.31. The minimum atomic E-state index is -0.00317. The number of rotatable bonds is 5. The molecule has 1 rings (SSSR count). The highest BCUT2D eigenvalue weighted by Crippen LogP contribution is 2.19. The summed E-state index contributed by atoms with van der Waals surface area (Å²) in [7, 11) is 0. The monoisotopic (exact) mass is 218 g/mol. The van der Waals surface area contributed by atoms with Crippen molar-refractivity contribution in [1.29, 1.82) is 0 Å². The molecule has 2 nitrogen and oxygen atoms in total. The summed E-state index contributed by atoms with van der Waals surface area (Å²) in [6, 6.07) is 4.09. The van der Waals surface area contributed by atoms with Gasteiger partial charge in [0.2, 0.25) is 0 Å². The first-order valence-electron chi connectivity index (χ1n) is 5.98. The molecule has 16 heavy (non-hydrogen) atoms. The summed E-state index contributed by atoms with van der Waals surface area (Å²) >= 11 is 0. The molecule has 0 saturated heterocycles. The molecule has 2 heteroatoms. The van der Waals surface area contributed by atoms with Gasteiger partial charge in [0.05, 0.1) is 5.54 Å². The van der Waals surface area contributed by atoms with Gasteiger partial charge in [-0.15, -0.1) is 0 Å². The number of anilines is 1. The van der Waals surface area contributed by atoms with Crippen LogP contribution >= 0.6 is 0 Å². The van der Waals surface area contributed by atoms with Crippen molar-refractivity contribution in [2.24, 2.45) is 0 Å². The van der Waals surface area contributed by atoms with E-state index in [-0.39, 0.29) is 5.54 Å². The van der Waals surface area contributed by atoms with Gasteiger partial charge in [0.1, 0.15) is 5.82 Å². The average Bonchev–Trinajstić information content (AvgIpc) is 2.26. The van der Waals surface area contributed by atoms with Gasteiger partial charge in [0.15, 0.2) is 0 Å². The lowest BCUT2D eigenvalue weighted by atomic mass is 9.98. The van der Waals surface area contributed by atoms with E-state index >= 15 is 0 Å². The molecular formula is C14H22N2. The minimum Gasteiger partial charge on any atom is -0.361 e. The maximum Gasteiger partial charge on any atom is 0.126 e. The fourth-order valence-corrected chi connectivity index (χ4v) is 1.52. The van der Waals surface area contributed by atoms with E-state index in [2.05, 4.69) is 56.2 Å². The highest BCUT2D eigenvalue weighted by Gasteiger charge is 2.17. The van der Waals surface area contributed by atoms with Gasteiger partial charge < -0.3 is 5.32 Å². The zero-order valence-corrected chi connectivity index (χ0v) is 10.7. The first kappa shape index (κ1) is 12.8. The molecule has 0 aliphatic rings. The number of aryl methyl sites for hydroxylation is 1. The average molecular weight is 218 g/mol. The molecule has 0 fully saturated rings. The zero-order chi connectivity index (χ0) is 12.0. The van der Waals surface area contributed by atoms with E-state index in [0.717, 1.165) is 18.7 Å². The number of hydrogen-bond donors (Lipinski definition) is 1. The summed E-state index contributed by atoms with van der Waals surface area (Å²) in [6.07, 6.45) is 8.39. The summed E-state index contributed by atoms with van der Waals surface area (Å²) in [5, 5.41) is 3.48. The SMILES string of the molecule is CCC=CC(C)(CC)Nc1cc(C)ccn1. The third-order valence-electron chi connectivity index (χ3n) is 2.78. The molecule has 1 atom stereocenters. The van der Waals surface area contributed by atoms with Crippen molar-refractivity contribution in [2.45, 2.75) is 46.1 Å². The lowest BCUT2D eigenvalue weighted by molar-refractivity contribution is 0.607. The Hall–Kier alpha value is -1.31. The maximum atomic E-state index is 4.34. The Morgan fingerprint density at radius 1 is 1.44 bits per heavy atom. The zero-order valence-electron chi connectivity index (χ0n) is 10.7. The van der Waals surface area contributed by atoms with Gasteiger partial charge >= 0.3 is 0 Å². The quantitative estimate of drug-likeness (QED) is 0.757. The second kappa shape index (κ2) is 5.69. The van der Waals surface area contributed by atoms with E-state index in [1.165, 1.54) is 5.56 Å². The number of pyridine rings is 1. The van der Waals surface area contributed by atoms with Gasteiger partial charge in [-0.25, -0.2) is 4.98 Å². The van der Waals surface area contributed by atoms with E-state index in [0.29, 0.717) is 0 Å². The summed E-state index contributed by atoms with van der Waals surface area (Å²) in [5.41, 5.74) is 1.23. The van der Waals surface area contributed by atoms with Crippen LogP contribution in [0.5, 0.6) is 0 Å². The molecule has 1 N–H and O–H groups in total. The molecule has 1 aromatic heterocycles. The van der Waals surface area contributed by atoms with Crippen molar-refractivity contribution in [3.8, 4) is 0 Å². The Balaban J connectivity index is 2.80. The highest BCUT2D eigenvalue weighted by molar-refractivity contribution is 5.41. The first-order valence-corrected chi connectivity index (χ1v) is 5.98. The molecule has 0 saturated carbocycles. The van der Waals surface area contributed by atoms with Gasteiger partial charge in [0, 0.05) is 6.20 Å². The number of nitrogens with zero attached hydrogens (tertiary/aromatic N) is 1. The smallest absolute Gasteiger partial charge is 0.126 e. The van der Waals surface area contributed by atoms with Crippen LogP contribution in [-0.4, -0.2) is 10.5 Å². The molecule has 88 valence electrons. The Morgan fingerprint density at radius 2 is 2.19 bits per heavy atom. The molecule has 0 radical (unpaired) electrons. The van der Waals surface area contributed by atoms with Crippen LogP contribution in [0.1, 0.15) is 39.2 Å². The molecule has 0 aliphatic heterocycles. The van der Waals surface area contributed by atoms with E-state index in [1.54, 1.807) is 0 Å². The Kier molecular flexibility index (Phi) is 4.53. The Morgan fingerprint density at radius 3 is 2.75 bits per heavy atom. The molecule has 1 unspecified atom stereocenters. The van der Waals surface area contributed by atoms with Crippen molar-refractivity contribution >= 4 is 5.82 Å². The summed E-state index contributed by atoms with van der Waals surface area (Å²) in [6.45, 7) is 8.61. The summed E-state index contributed by atoms with van der Waals surface area (Å²) < 4.78 is 0. The molecule has 0 spiro atoms. The fraction of sp³-hybridized carbons (Fsp3) is 0.500. The lowest BCUT2D eigenvalue weighted by Gasteiger charge is -2.27. The number of allylic oxidation sites excluding steroid dienone is 1. The number of aromatic nitrogens is 1. The van der Waals surface area contributed by atoms with E-state index in [1.807, 2.05) is 12.3 Å². The molecule has 0 aliphatic carbocycles. The predicted octanol–water partition coefficient (Wildman–Crippen LogP) is 3.94. The van der Waals surface area contributed by atoms with E-state index in [9.17, 15) is 0 Å². The van der Waals surface area contributed by atoms with Gasteiger partial charge in [0.25, 0.3) is 0 Å². The summed E-state index contributed by atoms with van der Waals surface area (Å²) in [4.78, 5) is 4.34. The van der Waals surface area contributed by atoms with Crippen molar-refractivity contribution in [2.75, 3.05) is 5.32 Å². The van der Waals surface area contributed by atoms with Crippen molar-refractivity contribution in [3.63, 3.8) is 0 Å². The van der Waals surface area contributed by atoms with Crippen LogP contribution in [-0.2, 0) is 0 Å². The van der Waals surface area contributed by atoms with Gasteiger partial charge in [-0.05, 0) is 44.4 Å². The van der Waals surface area contributed by atoms with Crippen molar-refractivity contribution < 1.29 is 0 Å². The largest absolute Gasteiger partial charge is 0.361 e. The second-order valence-corrected chi connectivity index (χ2v) is 4.43. The summed E-state index contributed by atoms with van der Waals surface area (Å²) in [5.74, 6) is 0.949. The first-order chi connectivity index (χ1) is 7.59. The Labute approximate surface area is 98.8 Å². The topological polar surface area (TPSA) is 24.9 Å². The van der Waals surface area contributed by atoms with Crippen LogP contribution in [0.4, 0.5) is 5.82 Å². The molecule has 0 amide bonds. The Bertz CT molecular complexity index is 358. The molecule has 1 heterocycles. The van der Waals surface area contributed by atoms with Crippen LogP contribution in [0.3, 0.4) is 0 Å². The van der Waals surface area contributed by atoms with Crippen LogP contribution in [0.25, 0.3) is 0 Å². The van der Waals surface area contributed by atoms with Crippen LogP contribution in [0.2, 0.25) is 0 Å². The van der Waals surface area contributed by atoms with Crippen molar-refractivity contribution in [3.05, 3.63) is 36.0 Å². The normalized spacial score (nSPS) is 15.0. The standard InChI is InChI=1S/C14H22N2/c1-5-7-9-14(4,6-2)16-13-11-12(3)8-10-15-13/h7-11H,5-6H2,1-4H3,(H,15,16). The molecular weight excluding hydrogens is 196 g/mol. The highest BCUT2D eigenvalue weighted by atomic mass is 15.0. The fourth-order valence-electron chi connectivity index (χ4n) is 1.52. The third kappa shape index (κ3) is 3.69. The van der Waals surface area contributed by atoms with E-state index in [4.69, 9.17) is 0 Å². The van der Waals surface area contributed by atoms with Gasteiger partial charge in [-0.2, -0.15) is 0 Å². The van der Waals surface area contributed by atoms with Gasteiger partial charge in [-0.1, -0.05) is 26.0 Å². The molecule has 0 aromatic carbocycles. The molecule has 0 bridgehead atoms. The van der Waals surface area contributed by atoms with Crippen LogP contribution in [0.15, 0.2) is 30.5 Å². The maximum absolute atomic E-state index is 4.34. The molecule has 1 aromatic rings. The van der Waals surface area contributed by atoms with Crippen molar-refractivity contribution in [1.82, 2.24) is 4.98 Å². The van der Waals surface area contributed by atoms with Crippen LogP contribution in [0, 0.1) is 6.92 Å². The second-order valence-electron chi connectivity index (χ2n) is 4.43. The number of hydrogen-bond acceptors (Lipinski definition) is 2. The number of nitrogens with one attached hydrogen (secondary N) is 1. The minimum absolute atomic E-state index is 0.00317. The van der Waals surface area contributed by atoms with Crippen LogP contribution < -0.4 is 5.32 Å². The predicted molar refractivity (Wildman–Crippen MR) is 70.7 cm³/mol.